The third-order valence-corrected chi connectivity index (χ3v) is 2.52. The largest absolute Gasteiger partial charge is 0.465 e. The summed E-state index contributed by atoms with van der Waals surface area (Å²) in [6.07, 6.45) is 2.08. The lowest BCUT2D eigenvalue weighted by molar-refractivity contribution is 0.194. The van der Waals surface area contributed by atoms with Gasteiger partial charge in [-0.3, -0.25) is 0 Å². The topological polar surface area (TPSA) is 49.3 Å². The van der Waals surface area contributed by atoms with Crippen molar-refractivity contribution in [1.82, 2.24) is 5.32 Å². The van der Waals surface area contributed by atoms with E-state index >= 15 is 0 Å². The Morgan fingerprint density at radius 1 is 1.73 bits per heavy atom. The zero-order valence-corrected chi connectivity index (χ0v) is 8.23. The number of amides is 1. The normalized spacial score (nSPS) is 12.5. The van der Waals surface area contributed by atoms with Gasteiger partial charge in [0.2, 0.25) is 0 Å². The summed E-state index contributed by atoms with van der Waals surface area (Å²) >= 11 is 3.47. The molecule has 0 fully saturated rings. The van der Waals surface area contributed by atoms with Crippen LogP contribution in [-0.4, -0.2) is 22.6 Å². The van der Waals surface area contributed by atoms with E-state index in [1.54, 1.807) is 0 Å². The highest BCUT2D eigenvalue weighted by Gasteiger charge is 2.00. The lowest BCUT2D eigenvalue weighted by Crippen LogP contribution is -2.22. The molecule has 3 nitrogen and oxygen atoms in total. The Kier molecular flexibility index (Phi) is 6.31. The SMILES string of the molecule is CCC(Br)CCCNC(=O)O. The van der Waals surface area contributed by atoms with Crippen molar-refractivity contribution in [3.05, 3.63) is 0 Å². The van der Waals surface area contributed by atoms with E-state index in [0.29, 0.717) is 11.4 Å². The summed E-state index contributed by atoms with van der Waals surface area (Å²) in [6.45, 7) is 2.65. The van der Waals surface area contributed by atoms with Crippen molar-refractivity contribution in [1.29, 1.82) is 0 Å². The molecule has 2 N–H and O–H groups in total. The number of carbonyl (C=O) groups is 1. The molecule has 0 heterocycles. The molecule has 0 aliphatic heterocycles. The number of hydrogen-bond acceptors (Lipinski definition) is 1. The number of alkyl halides is 1. The highest BCUT2D eigenvalue weighted by Crippen LogP contribution is 2.10. The first-order valence-electron chi connectivity index (χ1n) is 3.77. The zero-order chi connectivity index (χ0) is 8.69. The Hall–Kier alpha value is -0.250. The Bertz CT molecular complexity index is 119. The molecule has 0 aromatic rings. The van der Waals surface area contributed by atoms with Gasteiger partial charge in [-0.25, -0.2) is 4.79 Å². The van der Waals surface area contributed by atoms with Crippen LogP contribution in [0.4, 0.5) is 4.79 Å². The highest BCUT2D eigenvalue weighted by atomic mass is 79.9. The summed E-state index contributed by atoms with van der Waals surface area (Å²) in [4.78, 5) is 10.5. The monoisotopic (exact) mass is 223 g/mol. The Labute approximate surface area is 75.3 Å². The van der Waals surface area contributed by atoms with Crippen molar-refractivity contribution in [3.63, 3.8) is 0 Å². The van der Waals surface area contributed by atoms with Gasteiger partial charge in [0.15, 0.2) is 0 Å². The number of carboxylic acid groups (broad SMARTS) is 1. The molecule has 0 spiro atoms. The fourth-order valence-electron chi connectivity index (χ4n) is 0.723. The van der Waals surface area contributed by atoms with Crippen LogP contribution in [-0.2, 0) is 0 Å². The van der Waals surface area contributed by atoms with Crippen LogP contribution < -0.4 is 5.32 Å². The second-order valence-corrected chi connectivity index (χ2v) is 3.67. The molecule has 11 heavy (non-hydrogen) atoms. The molecule has 0 saturated heterocycles. The van der Waals surface area contributed by atoms with E-state index in [1.807, 2.05) is 0 Å². The van der Waals surface area contributed by atoms with Crippen LogP contribution in [0.5, 0.6) is 0 Å². The standard InChI is InChI=1S/C7H14BrNO2/c1-2-6(8)4-3-5-9-7(10)11/h6,9H,2-5H2,1H3,(H,10,11). The van der Waals surface area contributed by atoms with E-state index < -0.39 is 6.09 Å². The number of halogens is 1. The predicted molar refractivity (Wildman–Crippen MR) is 48.3 cm³/mol. The molecule has 0 aliphatic carbocycles. The molecule has 1 atom stereocenters. The van der Waals surface area contributed by atoms with Crippen molar-refractivity contribution in [3.8, 4) is 0 Å². The van der Waals surface area contributed by atoms with Crippen LogP contribution >= 0.6 is 15.9 Å². The first-order chi connectivity index (χ1) is 5.16. The number of rotatable bonds is 5. The van der Waals surface area contributed by atoms with E-state index in [4.69, 9.17) is 5.11 Å². The van der Waals surface area contributed by atoms with Crippen molar-refractivity contribution in [2.45, 2.75) is 31.0 Å². The summed E-state index contributed by atoms with van der Waals surface area (Å²) < 4.78 is 0. The Balaban J connectivity index is 3.08. The van der Waals surface area contributed by atoms with Crippen LogP contribution in [0, 0.1) is 0 Å². The van der Waals surface area contributed by atoms with Gasteiger partial charge < -0.3 is 10.4 Å². The maximum absolute atomic E-state index is 9.99. The average Bonchev–Trinajstić information content (AvgIpc) is 1.97. The van der Waals surface area contributed by atoms with Gasteiger partial charge in [-0.05, 0) is 19.3 Å². The Morgan fingerprint density at radius 3 is 2.82 bits per heavy atom. The van der Waals surface area contributed by atoms with Gasteiger partial charge in [0.1, 0.15) is 0 Å². The third-order valence-electron chi connectivity index (χ3n) is 1.41. The highest BCUT2D eigenvalue weighted by molar-refractivity contribution is 9.09. The van der Waals surface area contributed by atoms with Crippen molar-refractivity contribution in [2.75, 3.05) is 6.54 Å². The Morgan fingerprint density at radius 2 is 2.36 bits per heavy atom. The molecule has 0 aliphatic rings. The van der Waals surface area contributed by atoms with Crippen molar-refractivity contribution < 1.29 is 9.90 Å². The molecular weight excluding hydrogens is 210 g/mol. The van der Waals surface area contributed by atoms with Gasteiger partial charge in [-0.1, -0.05) is 22.9 Å². The summed E-state index contributed by atoms with van der Waals surface area (Å²) in [6, 6.07) is 0. The number of hydrogen-bond donors (Lipinski definition) is 2. The first kappa shape index (κ1) is 10.8. The van der Waals surface area contributed by atoms with Gasteiger partial charge in [-0.15, -0.1) is 0 Å². The first-order valence-corrected chi connectivity index (χ1v) is 4.69. The molecule has 0 radical (unpaired) electrons. The summed E-state index contributed by atoms with van der Waals surface area (Å²) in [5.74, 6) is 0. The lowest BCUT2D eigenvalue weighted by Gasteiger charge is -2.05. The van der Waals surface area contributed by atoms with Crippen molar-refractivity contribution >= 4 is 22.0 Å². The van der Waals surface area contributed by atoms with Crippen LogP contribution in [0.3, 0.4) is 0 Å². The van der Waals surface area contributed by atoms with Gasteiger partial charge in [0.25, 0.3) is 0 Å². The van der Waals surface area contributed by atoms with Gasteiger partial charge in [-0.2, -0.15) is 0 Å². The van der Waals surface area contributed by atoms with E-state index in [1.165, 1.54) is 0 Å². The van der Waals surface area contributed by atoms with E-state index in [-0.39, 0.29) is 0 Å². The molecule has 0 bridgehead atoms. The molecule has 66 valence electrons. The number of nitrogens with one attached hydrogen (secondary N) is 1. The minimum atomic E-state index is -0.937. The maximum atomic E-state index is 9.99. The van der Waals surface area contributed by atoms with E-state index in [9.17, 15) is 4.79 Å². The van der Waals surface area contributed by atoms with Gasteiger partial charge in [0, 0.05) is 11.4 Å². The van der Waals surface area contributed by atoms with Gasteiger partial charge >= 0.3 is 6.09 Å². The van der Waals surface area contributed by atoms with E-state index in [2.05, 4.69) is 28.2 Å². The summed E-state index contributed by atoms with van der Waals surface area (Å²) in [5, 5.41) is 10.5. The lowest BCUT2D eigenvalue weighted by atomic mass is 10.2. The minimum absolute atomic E-state index is 0.526. The fourth-order valence-corrected chi connectivity index (χ4v) is 1.05. The minimum Gasteiger partial charge on any atom is -0.465 e. The molecule has 0 aromatic carbocycles. The van der Waals surface area contributed by atoms with Crippen LogP contribution in [0.1, 0.15) is 26.2 Å². The smallest absolute Gasteiger partial charge is 0.404 e. The van der Waals surface area contributed by atoms with Crippen LogP contribution in [0.2, 0.25) is 0 Å². The van der Waals surface area contributed by atoms with Crippen molar-refractivity contribution in [2.24, 2.45) is 0 Å². The molecule has 0 aromatic heterocycles. The van der Waals surface area contributed by atoms with Crippen LogP contribution in [0.25, 0.3) is 0 Å². The maximum Gasteiger partial charge on any atom is 0.404 e. The fraction of sp³-hybridized carbons (Fsp3) is 0.857. The average molecular weight is 224 g/mol. The molecule has 1 amide bonds. The third kappa shape index (κ3) is 7.65. The quantitative estimate of drug-likeness (QED) is 0.555. The summed E-state index contributed by atoms with van der Waals surface area (Å²) in [7, 11) is 0. The molecule has 0 saturated carbocycles. The second kappa shape index (κ2) is 6.46. The molecule has 1 unspecified atom stereocenters. The zero-order valence-electron chi connectivity index (χ0n) is 6.64. The predicted octanol–water partition coefficient (Wildman–Crippen LogP) is 2.21. The van der Waals surface area contributed by atoms with E-state index in [0.717, 1.165) is 19.3 Å². The van der Waals surface area contributed by atoms with Gasteiger partial charge in [0.05, 0.1) is 0 Å². The van der Waals surface area contributed by atoms with Crippen LogP contribution in [0.15, 0.2) is 0 Å². The molecule has 0 rings (SSSR count). The molecular formula is C7H14BrNO2. The summed E-state index contributed by atoms with van der Waals surface area (Å²) in [5.41, 5.74) is 0. The molecule has 4 heteroatoms. The second-order valence-electron chi connectivity index (χ2n) is 2.38.